The quantitative estimate of drug-likeness (QED) is 0.646. The van der Waals surface area contributed by atoms with E-state index in [-0.39, 0.29) is 12.5 Å². The molecule has 0 radical (unpaired) electrons. The van der Waals surface area contributed by atoms with Crippen molar-refractivity contribution in [3.63, 3.8) is 0 Å². The average molecular weight is 257 g/mol. The Labute approximate surface area is 105 Å². The molecule has 1 saturated carbocycles. The summed E-state index contributed by atoms with van der Waals surface area (Å²) in [4.78, 5) is 0. The van der Waals surface area contributed by atoms with E-state index in [1.54, 1.807) is 11.8 Å². The summed E-state index contributed by atoms with van der Waals surface area (Å²) in [5, 5.41) is 24.9. The molecular weight excluding hydrogens is 238 g/mol. The number of tetrazole rings is 1. The fourth-order valence-corrected chi connectivity index (χ4v) is 2.28. The van der Waals surface area contributed by atoms with E-state index in [0.717, 1.165) is 30.0 Å². The standard InChI is InChI=1S/C10H19N5OS/c1-8(6-16)7-17-10-12-13-14-15(10)5-4-11-9-2-3-9/h8-9,11,16H,2-7H2,1H3. The van der Waals surface area contributed by atoms with Crippen LogP contribution in [-0.4, -0.2) is 50.3 Å². The van der Waals surface area contributed by atoms with Gasteiger partial charge in [-0.15, -0.1) is 5.10 Å². The number of aliphatic hydroxyl groups excluding tert-OH is 1. The molecule has 1 aliphatic carbocycles. The van der Waals surface area contributed by atoms with E-state index < -0.39 is 0 Å². The third kappa shape index (κ3) is 4.25. The van der Waals surface area contributed by atoms with Crippen molar-refractivity contribution in [1.82, 2.24) is 25.5 Å². The first-order valence-corrected chi connectivity index (χ1v) is 7.01. The first-order chi connectivity index (χ1) is 8.29. The van der Waals surface area contributed by atoms with Gasteiger partial charge in [0.25, 0.3) is 0 Å². The molecule has 1 aliphatic rings. The first-order valence-electron chi connectivity index (χ1n) is 6.03. The van der Waals surface area contributed by atoms with E-state index in [1.807, 2.05) is 11.6 Å². The number of aliphatic hydroxyl groups is 1. The normalized spacial score (nSPS) is 17.3. The molecule has 0 spiro atoms. The van der Waals surface area contributed by atoms with Gasteiger partial charge in [-0.25, -0.2) is 4.68 Å². The molecule has 7 heteroatoms. The van der Waals surface area contributed by atoms with Crippen LogP contribution in [0.15, 0.2) is 5.16 Å². The van der Waals surface area contributed by atoms with Gasteiger partial charge in [-0.3, -0.25) is 0 Å². The highest BCUT2D eigenvalue weighted by atomic mass is 32.2. The lowest BCUT2D eigenvalue weighted by Crippen LogP contribution is -2.22. The Balaban J connectivity index is 1.74. The number of nitrogens with one attached hydrogen (secondary N) is 1. The van der Waals surface area contributed by atoms with Crippen molar-refractivity contribution in [2.75, 3.05) is 18.9 Å². The smallest absolute Gasteiger partial charge is 0.209 e. The van der Waals surface area contributed by atoms with Crippen LogP contribution in [0.2, 0.25) is 0 Å². The maximum atomic E-state index is 8.96. The fourth-order valence-electron chi connectivity index (χ4n) is 1.37. The minimum absolute atomic E-state index is 0.206. The van der Waals surface area contributed by atoms with Crippen LogP contribution in [0.25, 0.3) is 0 Å². The van der Waals surface area contributed by atoms with Crippen molar-refractivity contribution in [2.45, 2.75) is 37.5 Å². The molecule has 1 unspecified atom stereocenters. The number of rotatable bonds is 8. The molecular formula is C10H19N5OS. The van der Waals surface area contributed by atoms with E-state index in [4.69, 9.17) is 5.11 Å². The molecule has 0 saturated heterocycles. The third-order valence-electron chi connectivity index (χ3n) is 2.64. The fraction of sp³-hybridized carbons (Fsp3) is 0.900. The van der Waals surface area contributed by atoms with Crippen LogP contribution in [0, 0.1) is 5.92 Å². The number of aromatic nitrogens is 4. The molecule has 2 rings (SSSR count). The Bertz CT molecular complexity index is 341. The predicted molar refractivity (Wildman–Crippen MR) is 65.8 cm³/mol. The summed E-state index contributed by atoms with van der Waals surface area (Å²) in [6.45, 7) is 3.94. The van der Waals surface area contributed by atoms with Gasteiger partial charge in [0.2, 0.25) is 5.16 Å². The number of hydrogen-bond acceptors (Lipinski definition) is 6. The van der Waals surface area contributed by atoms with Crippen molar-refractivity contribution in [1.29, 1.82) is 0 Å². The van der Waals surface area contributed by atoms with Crippen LogP contribution in [0.1, 0.15) is 19.8 Å². The highest BCUT2D eigenvalue weighted by molar-refractivity contribution is 7.99. The molecule has 1 aromatic rings. The van der Waals surface area contributed by atoms with E-state index in [1.165, 1.54) is 12.8 Å². The van der Waals surface area contributed by atoms with Crippen LogP contribution >= 0.6 is 11.8 Å². The summed E-state index contributed by atoms with van der Waals surface area (Å²) >= 11 is 1.60. The Morgan fingerprint density at radius 2 is 2.41 bits per heavy atom. The SMILES string of the molecule is CC(CO)CSc1nnnn1CCNC1CC1. The molecule has 1 atom stereocenters. The van der Waals surface area contributed by atoms with Crippen molar-refractivity contribution in [3.8, 4) is 0 Å². The predicted octanol–water partition coefficient (Wildman–Crippen LogP) is 0.146. The van der Waals surface area contributed by atoms with Crippen molar-refractivity contribution >= 4 is 11.8 Å². The van der Waals surface area contributed by atoms with Crippen LogP contribution in [-0.2, 0) is 6.54 Å². The highest BCUT2D eigenvalue weighted by Crippen LogP contribution is 2.19. The Kier molecular flexibility index (Phi) is 4.75. The highest BCUT2D eigenvalue weighted by Gasteiger charge is 2.20. The average Bonchev–Trinajstić information content (AvgIpc) is 3.05. The second-order valence-electron chi connectivity index (χ2n) is 4.51. The van der Waals surface area contributed by atoms with Gasteiger partial charge in [0.1, 0.15) is 0 Å². The largest absolute Gasteiger partial charge is 0.396 e. The van der Waals surface area contributed by atoms with Gasteiger partial charge >= 0.3 is 0 Å². The minimum Gasteiger partial charge on any atom is -0.396 e. The summed E-state index contributed by atoms with van der Waals surface area (Å²) < 4.78 is 1.82. The zero-order valence-corrected chi connectivity index (χ0v) is 10.9. The van der Waals surface area contributed by atoms with Gasteiger partial charge < -0.3 is 10.4 Å². The van der Waals surface area contributed by atoms with Gasteiger partial charge in [-0.2, -0.15) is 0 Å². The Morgan fingerprint density at radius 3 is 3.12 bits per heavy atom. The second-order valence-corrected chi connectivity index (χ2v) is 5.50. The zero-order chi connectivity index (χ0) is 12.1. The second kappa shape index (κ2) is 6.32. The summed E-state index contributed by atoms with van der Waals surface area (Å²) in [6.07, 6.45) is 2.59. The van der Waals surface area contributed by atoms with Crippen LogP contribution < -0.4 is 5.32 Å². The lowest BCUT2D eigenvalue weighted by molar-refractivity contribution is 0.250. The Morgan fingerprint density at radius 1 is 1.59 bits per heavy atom. The monoisotopic (exact) mass is 257 g/mol. The maximum Gasteiger partial charge on any atom is 0.209 e. The van der Waals surface area contributed by atoms with Gasteiger partial charge in [0.15, 0.2) is 0 Å². The third-order valence-corrected chi connectivity index (χ3v) is 3.93. The molecule has 0 bridgehead atoms. The molecule has 0 aromatic carbocycles. The molecule has 0 amide bonds. The van der Waals surface area contributed by atoms with E-state index >= 15 is 0 Å². The topological polar surface area (TPSA) is 75.9 Å². The van der Waals surface area contributed by atoms with Crippen molar-refractivity contribution in [3.05, 3.63) is 0 Å². The number of thioether (sulfide) groups is 1. The molecule has 1 heterocycles. The molecule has 96 valence electrons. The van der Waals surface area contributed by atoms with Crippen molar-refractivity contribution < 1.29 is 5.11 Å². The Hall–Kier alpha value is -0.660. The molecule has 6 nitrogen and oxygen atoms in total. The lowest BCUT2D eigenvalue weighted by Gasteiger charge is -2.07. The van der Waals surface area contributed by atoms with Crippen LogP contribution in [0.5, 0.6) is 0 Å². The maximum absolute atomic E-state index is 8.96. The summed E-state index contributed by atoms with van der Waals surface area (Å²) in [5.74, 6) is 1.11. The summed E-state index contributed by atoms with van der Waals surface area (Å²) in [6, 6.07) is 0.719. The minimum atomic E-state index is 0.206. The van der Waals surface area contributed by atoms with Gasteiger partial charge in [-0.05, 0) is 29.2 Å². The molecule has 1 aromatic heterocycles. The zero-order valence-electron chi connectivity index (χ0n) is 10.0. The van der Waals surface area contributed by atoms with Crippen molar-refractivity contribution in [2.24, 2.45) is 5.92 Å². The van der Waals surface area contributed by atoms with Gasteiger partial charge in [0, 0.05) is 24.9 Å². The molecule has 17 heavy (non-hydrogen) atoms. The molecule has 1 fully saturated rings. The lowest BCUT2D eigenvalue weighted by atomic mass is 10.2. The van der Waals surface area contributed by atoms with E-state index in [9.17, 15) is 0 Å². The summed E-state index contributed by atoms with van der Waals surface area (Å²) in [7, 11) is 0. The van der Waals surface area contributed by atoms with E-state index in [0.29, 0.717) is 0 Å². The number of nitrogens with zero attached hydrogens (tertiary/aromatic N) is 4. The van der Waals surface area contributed by atoms with Crippen LogP contribution in [0.4, 0.5) is 0 Å². The molecule has 2 N–H and O–H groups in total. The van der Waals surface area contributed by atoms with Gasteiger partial charge in [-0.1, -0.05) is 18.7 Å². The van der Waals surface area contributed by atoms with Gasteiger partial charge in [0.05, 0.1) is 6.54 Å². The van der Waals surface area contributed by atoms with Crippen LogP contribution in [0.3, 0.4) is 0 Å². The number of hydrogen-bond donors (Lipinski definition) is 2. The molecule has 0 aliphatic heterocycles. The van der Waals surface area contributed by atoms with E-state index in [2.05, 4.69) is 20.8 Å². The first kappa shape index (κ1) is 12.8. The summed E-state index contributed by atoms with van der Waals surface area (Å²) in [5.41, 5.74) is 0.